The van der Waals surface area contributed by atoms with Crippen LogP contribution in [0.15, 0.2) is 0 Å². The van der Waals surface area contributed by atoms with E-state index in [-0.39, 0.29) is 31.1 Å². The van der Waals surface area contributed by atoms with Gasteiger partial charge in [-0.3, -0.25) is 14.4 Å². The van der Waals surface area contributed by atoms with E-state index < -0.39 is 6.10 Å². The van der Waals surface area contributed by atoms with Crippen LogP contribution in [0.4, 0.5) is 0 Å². The molecule has 0 aliphatic rings. The lowest BCUT2D eigenvalue weighted by atomic mass is 10.0. The molecule has 54 heavy (non-hydrogen) atoms. The molecule has 0 aromatic carbocycles. The number of unbranched alkanes of at least 4 members (excludes halogenated alkanes) is 27. The molecule has 0 rings (SSSR count). The van der Waals surface area contributed by atoms with Gasteiger partial charge in [0.25, 0.3) is 0 Å². The molecule has 0 spiro atoms. The number of rotatable bonds is 42. The van der Waals surface area contributed by atoms with Crippen LogP contribution in [0.5, 0.6) is 0 Å². The van der Waals surface area contributed by atoms with Gasteiger partial charge in [-0.05, 0) is 31.1 Å². The summed E-state index contributed by atoms with van der Waals surface area (Å²) in [5, 5.41) is 0. The summed E-state index contributed by atoms with van der Waals surface area (Å²) >= 11 is 0. The van der Waals surface area contributed by atoms with Crippen LogP contribution in [0, 0.1) is 11.8 Å². The van der Waals surface area contributed by atoms with Crippen LogP contribution in [0.2, 0.25) is 0 Å². The van der Waals surface area contributed by atoms with Crippen molar-refractivity contribution in [1.82, 2.24) is 0 Å². The molecule has 0 fully saturated rings. The molecule has 0 N–H and O–H groups in total. The van der Waals surface area contributed by atoms with Crippen LogP contribution < -0.4 is 0 Å². The maximum Gasteiger partial charge on any atom is 0.306 e. The third kappa shape index (κ3) is 41.6. The molecular formula is C48H92O6. The van der Waals surface area contributed by atoms with Crippen molar-refractivity contribution < 1.29 is 28.6 Å². The van der Waals surface area contributed by atoms with Crippen LogP contribution in [-0.2, 0) is 28.6 Å². The number of esters is 3. The van der Waals surface area contributed by atoms with E-state index in [9.17, 15) is 14.4 Å². The van der Waals surface area contributed by atoms with Crippen molar-refractivity contribution in [3.8, 4) is 0 Å². The minimum Gasteiger partial charge on any atom is -0.462 e. The lowest BCUT2D eigenvalue weighted by molar-refractivity contribution is -0.167. The predicted octanol–water partition coefficient (Wildman–Crippen LogP) is 15.0. The Morgan fingerprint density at radius 1 is 0.352 bits per heavy atom. The quantitative estimate of drug-likeness (QED) is 0.0350. The van der Waals surface area contributed by atoms with Gasteiger partial charge < -0.3 is 14.2 Å². The monoisotopic (exact) mass is 765 g/mol. The van der Waals surface area contributed by atoms with Gasteiger partial charge in [0.15, 0.2) is 6.10 Å². The average molecular weight is 765 g/mol. The Morgan fingerprint density at radius 3 is 0.907 bits per heavy atom. The second-order valence-corrected chi connectivity index (χ2v) is 17.3. The second-order valence-electron chi connectivity index (χ2n) is 17.3. The fourth-order valence-electron chi connectivity index (χ4n) is 7.11. The van der Waals surface area contributed by atoms with Crippen molar-refractivity contribution in [1.29, 1.82) is 0 Å². The van der Waals surface area contributed by atoms with Crippen LogP contribution in [0.25, 0.3) is 0 Å². The molecule has 0 aliphatic carbocycles. The lowest BCUT2D eigenvalue weighted by Gasteiger charge is -2.18. The summed E-state index contributed by atoms with van der Waals surface area (Å²) in [6.45, 7) is 11.3. The lowest BCUT2D eigenvalue weighted by Crippen LogP contribution is -2.30. The molecule has 0 bridgehead atoms. The van der Waals surface area contributed by atoms with Crippen molar-refractivity contribution in [2.24, 2.45) is 11.8 Å². The fraction of sp³-hybridized carbons (Fsp3) is 0.938. The maximum atomic E-state index is 12.7. The van der Waals surface area contributed by atoms with Crippen molar-refractivity contribution >= 4 is 17.9 Å². The maximum absolute atomic E-state index is 12.7. The minimum absolute atomic E-state index is 0.0648. The summed E-state index contributed by atoms with van der Waals surface area (Å²) < 4.78 is 16.7. The molecular weight excluding hydrogens is 673 g/mol. The first-order chi connectivity index (χ1) is 26.2. The van der Waals surface area contributed by atoms with E-state index in [0.29, 0.717) is 19.3 Å². The van der Waals surface area contributed by atoms with Gasteiger partial charge in [0, 0.05) is 19.3 Å². The van der Waals surface area contributed by atoms with Gasteiger partial charge in [-0.15, -0.1) is 0 Å². The van der Waals surface area contributed by atoms with Gasteiger partial charge in [0.05, 0.1) is 0 Å². The minimum atomic E-state index is -0.760. The molecule has 0 radical (unpaired) electrons. The number of hydrogen-bond acceptors (Lipinski definition) is 6. The van der Waals surface area contributed by atoms with Gasteiger partial charge in [0.2, 0.25) is 0 Å². The van der Waals surface area contributed by atoms with Crippen LogP contribution >= 0.6 is 0 Å². The standard InChI is InChI=1S/C48H92O6/c1-6-7-8-9-10-16-23-28-33-38-46(49)52-41-45(54-48(51)40-35-30-25-20-19-22-27-32-37-44(4)5)42-53-47(50)39-34-29-24-18-15-13-11-12-14-17-21-26-31-36-43(2)3/h43-45H,6-42H2,1-5H3/t45-/m1/s1. The Balaban J connectivity index is 4.27. The van der Waals surface area contributed by atoms with Crippen molar-refractivity contribution in [2.45, 2.75) is 265 Å². The number of hydrogen-bond donors (Lipinski definition) is 0. The smallest absolute Gasteiger partial charge is 0.306 e. The highest BCUT2D eigenvalue weighted by atomic mass is 16.6. The Labute approximate surface area is 336 Å². The first kappa shape index (κ1) is 52.4. The van der Waals surface area contributed by atoms with E-state index >= 15 is 0 Å². The van der Waals surface area contributed by atoms with Gasteiger partial charge in [-0.2, -0.15) is 0 Å². The number of carbonyl (C=O) groups is 3. The molecule has 0 amide bonds. The second kappa shape index (κ2) is 41.1. The first-order valence-corrected chi connectivity index (χ1v) is 23.7. The van der Waals surface area contributed by atoms with Crippen molar-refractivity contribution in [3.05, 3.63) is 0 Å². The van der Waals surface area contributed by atoms with Crippen LogP contribution in [-0.4, -0.2) is 37.2 Å². The molecule has 0 heterocycles. The largest absolute Gasteiger partial charge is 0.462 e. The SMILES string of the molecule is CCCCCCCCCCCC(=O)OC[C@H](COC(=O)CCCCCCCCCCCCCCCC(C)C)OC(=O)CCCCCCCCCCC(C)C. The summed E-state index contributed by atoms with van der Waals surface area (Å²) in [5.74, 6) is 0.775. The van der Waals surface area contributed by atoms with E-state index in [1.54, 1.807) is 0 Å². The molecule has 6 heteroatoms. The average Bonchev–Trinajstić information content (AvgIpc) is 3.14. The number of ether oxygens (including phenoxy) is 3. The third-order valence-electron chi connectivity index (χ3n) is 10.7. The molecule has 320 valence electrons. The normalized spacial score (nSPS) is 12.1. The zero-order valence-corrected chi connectivity index (χ0v) is 36.8. The van der Waals surface area contributed by atoms with Crippen LogP contribution in [0.1, 0.15) is 259 Å². The molecule has 0 aromatic rings. The Morgan fingerprint density at radius 2 is 0.611 bits per heavy atom. The van der Waals surface area contributed by atoms with Gasteiger partial charge in [-0.1, -0.05) is 221 Å². The van der Waals surface area contributed by atoms with Crippen molar-refractivity contribution in [3.63, 3.8) is 0 Å². The highest BCUT2D eigenvalue weighted by Gasteiger charge is 2.19. The Bertz CT molecular complexity index is 824. The fourth-order valence-corrected chi connectivity index (χ4v) is 7.11. The van der Waals surface area contributed by atoms with E-state index in [4.69, 9.17) is 14.2 Å². The number of carbonyl (C=O) groups excluding carboxylic acids is 3. The topological polar surface area (TPSA) is 78.9 Å². The van der Waals surface area contributed by atoms with E-state index in [1.807, 2.05) is 0 Å². The van der Waals surface area contributed by atoms with Crippen LogP contribution in [0.3, 0.4) is 0 Å². The zero-order chi connectivity index (χ0) is 39.7. The van der Waals surface area contributed by atoms with E-state index in [2.05, 4.69) is 34.6 Å². The molecule has 0 saturated heterocycles. The summed E-state index contributed by atoms with van der Waals surface area (Å²) in [7, 11) is 0. The van der Waals surface area contributed by atoms with E-state index in [1.165, 1.54) is 148 Å². The Hall–Kier alpha value is -1.59. The molecule has 1 atom stereocenters. The molecule has 0 unspecified atom stereocenters. The van der Waals surface area contributed by atoms with Gasteiger partial charge >= 0.3 is 17.9 Å². The Kier molecular flexibility index (Phi) is 39.8. The summed E-state index contributed by atoms with van der Waals surface area (Å²) in [5.41, 5.74) is 0. The third-order valence-corrected chi connectivity index (χ3v) is 10.7. The zero-order valence-electron chi connectivity index (χ0n) is 36.8. The molecule has 0 saturated carbocycles. The summed E-state index contributed by atoms with van der Waals surface area (Å²) in [6, 6.07) is 0. The van der Waals surface area contributed by atoms with E-state index in [0.717, 1.165) is 69.6 Å². The highest BCUT2D eigenvalue weighted by Crippen LogP contribution is 2.17. The predicted molar refractivity (Wildman–Crippen MR) is 229 cm³/mol. The van der Waals surface area contributed by atoms with Gasteiger partial charge in [0.1, 0.15) is 13.2 Å². The molecule has 6 nitrogen and oxygen atoms in total. The molecule has 0 aromatic heterocycles. The summed E-state index contributed by atoms with van der Waals surface area (Å²) in [6.07, 6.45) is 39.5. The first-order valence-electron chi connectivity index (χ1n) is 23.7. The van der Waals surface area contributed by atoms with Crippen molar-refractivity contribution in [2.75, 3.05) is 13.2 Å². The summed E-state index contributed by atoms with van der Waals surface area (Å²) in [4.78, 5) is 37.7. The highest BCUT2D eigenvalue weighted by molar-refractivity contribution is 5.71. The molecule has 0 aliphatic heterocycles. The van der Waals surface area contributed by atoms with Gasteiger partial charge in [-0.25, -0.2) is 0 Å².